The van der Waals surface area contributed by atoms with Crippen LogP contribution in [-0.4, -0.2) is 24.3 Å². The molecule has 9 heavy (non-hydrogen) atoms. The second-order valence-electron chi connectivity index (χ2n) is 2.36. The zero-order valence-electron chi connectivity index (χ0n) is 5.33. The maximum atomic E-state index is 10.2. The van der Waals surface area contributed by atoms with E-state index in [9.17, 15) is 4.79 Å². The number of hydrogen-bond donors (Lipinski definition) is 1. The molecule has 0 heterocycles. The van der Waals surface area contributed by atoms with Crippen molar-refractivity contribution in [3.63, 3.8) is 0 Å². The summed E-state index contributed by atoms with van der Waals surface area (Å²) < 4.78 is 4.90. The van der Waals surface area contributed by atoms with Crippen LogP contribution in [0.15, 0.2) is 0 Å². The van der Waals surface area contributed by atoms with E-state index >= 15 is 0 Å². The third kappa shape index (κ3) is 1.21. The van der Waals surface area contributed by atoms with Crippen LogP contribution in [-0.2, 0) is 9.53 Å². The van der Waals surface area contributed by atoms with Crippen LogP contribution in [0.4, 0.5) is 0 Å². The minimum atomic E-state index is -0.691. The summed E-state index contributed by atoms with van der Waals surface area (Å²) in [5.74, 6) is -0.835. The van der Waals surface area contributed by atoms with Crippen LogP contribution in [0, 0.1) is 5.92 Å². The molecule has 3 nitrogen and oxygen atoms in total. The van der Waals surface area contributed by atoms with E-state index in [0.29, 0.717) is 12.8 Å². The number of ether oxygens (including phenoxy) is 1. The van der Waals surface area contributed by atoms with E-state index in [1.807, 2.05) is 0 Å². The molecule has 0 saturated heterocycles. The van der Waals surface area contributed by atoms with Gasteiger partial charge >= 0.3 is 5.97 Å². The van der Waals surface area contributed by atoms with Gasteiger partial charge in [0.15, 0.2) is 0 Å². The van der Waals surface area contributed by atoms with Crippen LogP contribution in [0.5, 0.6) is 0 Å². The fraction of sp³-hybridized carbons (Fsp3) is 0.833. The van der Waals surface area contributed by atoms with E-state index in [0.717, 1.165) is 0 Å². The first-order valence-corrected chi connectivity index (χ1v) is 2.99. The Balaban J connectivity index is 2.19. The summed E-state index contributed by atoms with van der Waals surface area (Å²) in [5, 5.41) is 8.39. The largest absolute Gasteiger partial charge is 0.481 e. The molecule has 0 aromatic heterocycles. The Hall–Kier alpha value is -0.570. The molecule has 1 N–H and O–H groups in total. The zero-order valence-corrected chi connectivity index (χ0v) is 5.33. The number of hydrogen-bond acceptors (Lipinski definition) is 2. The standard InChI is InChI=1S/C6H10O3/c1-9-5-2-4(3-5)6(7)8/h4-5H,2-3H2,1H3,(H,7,8). The molecule has 0 aromatic carbocycles. The molecule has 1 aliphatic carbocycles. The summed E-state index contributed by atoms with van der Waals surface area (Å²) in [4.78, 5) is 10.2. The first kappa shape index (κ1) is 6.55. The molecule has 1 aliphatic rings. The van der Waals surface area contributed by atoms with Crippen LogP contribution in [0.2, 0.25) is 0 Å². The quantitative estimate of drug-likeness (QED) is 0.592. The Labute approximate surface area is 53.6 Å². The van der Waals surface area contributed by atoms with E-state index in [-0.39, 0.29) is 12.0 Å². The Kier molecular flexibility index (Phi) is 1.71. The second kappa shape index (κ2) is 2.35. The molecule has 0 aliphatic heterocycles. The molecular weight excluding hydrogens is 120 g/mol. The minimum absolute atomic E-state index is 0.144. The van der Waals surface area contributed by atoms with Crippen molar-refractivity contribution in [3.8, 4) is 0 Å². The van der Waals surface area contributed by atoms with Crippen LogP contribution < -0.4 is 0 Å². The second-order valence-corrected chi connectivity index (χ2v) is 2.36. The highest BCUT2D eigenvalue weighted by Crippen LogP contribution is 2.29. The summed E-state index contributed by atoms with van der Waals surface area (Å²) in [6.45, 7) is 0. The zero-order chi connectivity index (χ0) is 6.85. The fourth-order valence-corrected chi connectivity index (χ4v) is 0.960. The lowest BCUT2D eigenvalue weighted by Crippen LogP contribution is -2.35. The van der Waals surface area contributed by atoms with Gasteiger partial charge < -0.3 is 9.84 Å². The molecule has 0 radical (unpaired) electrons. The van der Waals surface area contributed by atoms with Gasteiger partial charge in [-0.25, -0.2) is 0 Å². The van der Waals surface area contributed by atoms with Gasteiger partial charge in [0, 0.05) is 7.11 Å². The number of methoxy groups -OCH3 is 1. The van der Waals surface area contributed by atoms with Crippen LogP contribution >= 0.6 is 0 Å². The number of carbonyl (C=O) groups is 1. The van der Waals surface area contributed by atoms with Gasteiger partial charge in [-0.15, -0.1) is 0 Å². The van der Waals surface area contributed by atoms with Gasteiger partial charge in [0.1, 0.15) is 0 Å². The number of carboxylic acids is 1. The van der Waals surface area contributed by atoms with Crippen LogP contribution in [0.25, 0.3) is 0 Å². The average Bonchev–Trinajstić information content (AvgIpc) is 1.61. The molecule has 52 valence electrons. The highest BCUT2D eigenvalue weighted by Gasteiger charge is 2.34. The molecule has 1 fully saturated rings. The molecule has 1 saturated carbocycles. The van der Waals surface area contributed by atoms with E-state index < -0.39 is 5.97 Å². The molecule has 0 aromatic rings. The Morgan fingerprint density at radius 2 is 2.22 bits per heavy atom. The molecule has 0 amide bonds. The highest BCUT2D eigenvalue weighted by molar-refractivity contribution is 5.71. The first-order chi connectivity index (χ1) is 4.24. The summed E-state index contributed by atoms with van der Waals surface area (Å²) in [7, 11) is 1.61. The molecular formula is C6H10O3. The van der Waals surface area contributed by atoms with Crippen molar-refractivity contribution < 1.29 is 14.6 Å². The lowest BCUT2D eigenvalue weighted by molar-refractivity contribution is -0.149. The molecule has 1 rings (SSSR count). The minimum Gasteiger partial charge on any atom is -0.481 e. The normalized spacial score (nSPS) is 33.4. The first-order valence-electron chi connectivity index (χ1n) is 2.99. The lowest BCUT2D eigenvalue weighted by atomic mass is 9.82. The highest BCUT2D eigenvalue weighted by atomic mass is 16.5. The maximum Gasteiger partial charge on any atom is 0.306 e. The predicted octanol–water partition coefficient (Wildman–Crippen LogP) is 0.496. The smallest absolute Gasteiger partial charge is 0.306 e. The summed E-state index contributed by atoms with van der Waals surface area (Å²) in [5.41, 5.74) is 0. The Morgan fingerprint density at radius 3 is 2.56 bits per heavy atom. The van der Waals surface area contributed by atoms with Gasteiger partial charge in [-0.05, 0) is 12.8 Å². The number of carboxylic acid groups (broad SMARTS) is 1. The molecule has 0 bridgehead atoms. The van der Waals surface area contributed by atoms with Crippen molar-refractivity contribution in [2.75, 3.05) is 7.11 Å². The third-order valence-electron chi connectivity index (χ3n) is 1.78. The molecule has 3 heteroatoms. The van der Waals surface area contributed by atoms with Crippen LogP contribution in [0.1, 0.15) is 12.8 Å². The third-order valence-corrected chi connectivity index (χ3v) is 1.78. The van der Waals surface area contributed by atoms with Crippen molar-refractivity contribution in [1.82, 2.24) is 0 Å². The van der Waals surface area contributed by atoms with Gasteiger partial charge in [0.05, 0.1) is 12.0 Å². The van der Waals surface area contributed by atoms with Crippen molar-refractivity contribution in [1.29, 1.82) is 0 Å². The van der Waals surface area contributed by atoms with Crippen molar-refractivity contribution in [2.24, 2.45) is 5.92 Å². The number of aliphatic carboxylic acids is 1. The summed E-state index contributed by atoms with van der Waals surface area (Å²) in [6.07, 6.45) is 1.57. The Morgan fingerprint density at radius 1 is 1.67 bits per heavy atom. The van der Waals surface area contributed by atoms with Gasteiger partial charge in [0.25, 0.3) is 0 Å². The van der Waals surface area contributed by atoms with E-state index in [1.165, 1.54) is 0 Å². The topological polar surface area (TPSA) is 46.5 Å². The molecule has 0 spiro atoms. The lowest BCUT2D eigenvalue weighted by Gasteiger charge is -2.30. The van der Waals surface area contributed by atoms with Gasteiger partial charge in [-0.2, -0.15) is 0 Å². The van der Waals surface area contributed by atoms with Gasteiger partial charge in [-0.3, -0.25) is 4.79 Å². The SMILES string of the molecule is COC1CC(C(=O)O)C1. The van der Waals surface area contributed by atoms with Gasteiger partial charge in [0.2, 0.25) is 0 Å². The number of rotatable bonds is 2. The van der Waals surface area contributed by atoms with Crippen LogP contribution in [0.3, 0.4) is 0 Å². The molecule has 0 atom stereocenters. The van der Waals surface area contributed by atoms with Crippen molar-refractivity contribution >= 4 is 5.97 Å². The van der Waals surface area contributed by atoms with E-state index in [2.05, 4.69) is 0 Å². The average molecular weight is 130 g/mol. The summed E-state index contributed by atoms with van der Waals surface area (Å²) in [6, 6.07) is 0. The van der Waals surface area contributed by atoms with Gasteiger partial charge in [-0.1, -0.05) is 0 Å². The summed E-state index contributed by atoms with van der Waals surface area (Å²) >= 11 is 0. The molecule has 0 unspecified atom stereocenters. The Bertz CT molecular complexity index is 115. The van der Waals surface area contributed by atoms with E-state index in [4.69, 9.17) is 9.84 Å². The van der Waals surface area contributed by atoms with Crippen molar-refractivity contribution in [2.45, 2.75) is 18.9 Å². The fourth-order valence-electron chi connectivity index (χ4n) is 0.960. The monoisotopic (exact) mass is 130 g/mol. The predicted molar refractivity (Wildman–Crippen MR) is 31.2 cm³/mol. The van der Waals surface area contributed by atoms with E-state index in [1.54, 1.807) is 7.11 Å². The maximum absolute atomic E-state index is 10.2. The van der Waals surface area contributed by atoms with Crippen molar-refractivity contribution in [3.05, 3.63) is 0 Å².